The zero-order valence-electron chi connectivity index (χ0n) is 14.0. The van der Waals surface area contributed by atoms with Gasteiger partial charge in [0.15, 0.2) is 16.6 Å². The molecule has 1 aliphatic rings. The zero-order chi connectivity index (χ0) is 17.9. The Bertz CT molecular complexity index is 941. The Morgan fingerprint density at radius 1 is 1.19 bits per heavy atom. The number of nitrogens with zero attached hydrogens (tertiary/aromatic N) is 1. The zero-order valence-corrected chi connectivity index (χ0v) is 14.8. The van der Waals surface area contributed by atoms with Crippen molar-refractivity contribution >= 4 is 22.4 Å². The molecule has 2 aromatic carbocycles. The molecule has 1 N–H and O–H groups in total. The van der Waals surface area contributed by atoms with Crippen molar-refractivity contribution in [2.24, 2.45) is 0 Å². The molecule has 0 spiro atoms. The molecule has 7 heteroatoms. The summed E-state index contributed by atoms with van der Waals surface area (Å²) in [7, 11) is 1.62. The molecule has 4 rings (SSSR count). The monoisotopic (exact) mass is 368 g/mol. The third kappa shape index (κ3) is 3.21. The molecule has 2 heterocycles. The highest BCUT2D eigenvalue weighted by atomic mass is 32.1. The van der Waals surface area contributed by atoms with Gasteiger partial charge < -0.3 is 14.2 Å². The molecule has 26 heavy (non-hydrogen) atoms. The molecule has 6 nitrogen and oxygen atoms in total. The van der Waals surface area contributed by atoms with E-state index in [1.54, 1.807) is 13.2 Å². The van der Waals surface area contributed by atoms with Crippen LogP contribution < -0.4 is 19.5 Å². The number of carbonyl (C=O) groups is 1. The standard InChI is InChI=1S/C19H16N2O4S/c1-23-14-7-3-2-6-12(14)13-11-26-19(20-13)21-18(22)17-10-24-15-8-4-5-9-16(15)25-17/h2-9,11,17H,10H2,1H3,(H,20,21,22). The second-order valence-corrected chi connectivity index (χ2v) is 6.45. The first-order valence-electron chi connectivity index (χ1n) is 8.03. The number of anilines is 1. The molecule has 3 aromatic rings. The number of amides is 1. The number of aromatic nitrogens is 1. The lowest BCUT2D eigenvalue weighted by Gasteiger charge is -2.25. The number of carbonyl (C=O) groups excluding carboxylic acids is 1. The number of benzene rings is 2. The van der Waals surface area contributed by atoms with Gasteiger partial charge in [-0.15, -0.1) is 11.3 Å². The van der Waals surface area contributed by atoms with Crippen LogP contribution in [0.4, 0.5) is 5.13 Å². The topological polar surface area (TPSA) is 69.7 Å². The largest absolute Gasteiger partial charge is 0.496 e. The van der Waals surface area contributed by atoms with Crippen LogP contribution in [0.3, 0.4) is 0 Å². The average molecular weight is 368 g/mol. The second-order valence-electron chi connectivity index (χ2n) is 5.59. The van der Waals surface area contributed by atoms with Crippen molar-refractivity contribution in [2.75, 3.05) is 19.0 Å². The summed E-state index contributed by atoms with van der Waals surface area (Å²) in [6, 6.07) is 14.9. The number of ether oxygens (including phenoxy) is 3. The van der Waals surface area contributed by atoms with Crippen LogP contribution >= 0.6 is 11.3 Å². The highest BCUT2D eigenvalue weighted by molar-refractivity contribution is 7.14. The number of para-hydroxylation sites is 3. The molecule has 0 aliphatic carbocycles. The highest BCUT2D eigenvalue weighted by Gasteiger charge is 2.28. The summed E-state index contributed by atoms with van der Waals surface area (Å²) in [4.78, 5) is 17.0. The SMILES string of the molecule is COc1ccccc1-c1csc(NC(=O)C2COc3ccccc3O2)n1. The fourth-order valence-corrected chi connectivity index (χ4v) is 3.36. The van der Waals surface area contributed by atoms with E-state index in [9.17, 15) is 4.79 Å². The van der Waals surface area contributed by atoms with Crippen LogP contribution in [-0.2, 0) is 4.79 Å². The maximum Gasteiger partial charge on any atom is 0.270 e. The van der Waals surface area contributed by atoms with Gasteiger partial charge in [-0.3, -0.25) is 10.1 Å². The number of fused-ring (bicyclic) bond motifs is 1. The van der Waals surface area contributed by atoms with Gasteiger partial charge in [0.25, 0.3) is 5.91 Å². The van der Waals surface area contributed by atoms with Gasteiger partial charge in [-0.2, -0.15) is 0 Å². The summed E-state index contributed by atoms with van der Waals surface area (Å²) in [6.45, 7) is 0.160. The molecular weight excluding hydrogens is 352 g/mol. The van der Waals surface area contributed by atoms with Gasteiger partial charge >= 0.3 is 0 Å². The number of hydrogen-bond acceptors (Lipinski definition) is 6. The van der Waals surface area contributed by atoms with E-state index < -0.39 is 6.10 Å². The minimum absolute atomic E-state index is 0.160. The summed E-state index contributed by atoms with van der Waals surface area (Å²) in [5, 5.41) is 5.17. The molecule has 0 bridgehead atoms. The van der Waals surface area contributed by atoms with Gasteiger partial charge in [-0.25, -0.2) is 4.98 Å². The molecule has 1 unspecified atom stereocenters. The Morgan fingerprint density at radius 3 is 2.81 bits per heavy atom. The Balaban J connectivity index is 1.47. The Morgan fingerprint density at radius 2 is 1.96 bits per heavy atom. The van der Waals surface area contributed by atoms with E-state index in [0.717, 1.165) is 17.0 Å². The quantitative estimate of drug-likeness (QED) is 0.762. The Hall–Kier alpha value is -3.06. The number of nitrogens with one attached hydrogen (secondary N) is 1. The minimum Gasteiger partial charge on any atom is -0.496 e. The number of thiazole rings is 1. The summed E-state index contributed by atoms with van der Waals surface area (Å²) < 4.78 is 16.7. The maximum absolute atomic E-state index is 12.5. The van der Waals surface area contributed by atoms with E-state index in [2.05, 4.69) is 10.3 Å². The van der Waals surface area contributed by atoms with Crippen molar-refractivity contribution in [1.29, 1.82) is 0 Å². The average Bonchev–Trinajstić information content (AvgIpc) is 3.15. The summed E-state index contributed by atoms with van der Waals surface area (Å²) in [6.07, 6.45) is -0.719. The van der Waals surface area contributed by atoms with E-state index >= 15 is 0 Å². The van der Waals surface area contributed by atoms with Crippen molar-refractivity contribution in [3.8, 4) is 28.5 Å². The van der Waals surface area contributed by atoms with Crippen molar-refractivity contribution in [1.82, 2.24) is 4.98 Å². The van der Waals surface area contributed by atoms with Crippen LogP contribution in [0, 0.1) is 0 Å². The Kier molecular flexibility index (Phi) is 4.45. The predicted octanol–water partition coefficient (Wildman–Crippen LogP) is 3.60. The molecule has 1 atom stereocenters. The van der Waals surface area contributed by atoms with E-state index in [1.807, 2.05) is 47.8 Å². The highest BCUT2D eigenvalue weighted by Crippen LogP contribution is 2.33. The first kappa shape index (κ1) is 16.4. The molecule has 0 radical (unpaired) electrons. The van der Waals surface area contributed by atoms with Crippen molar-refractivity contribution in [3.05, 3.63) is 53.9 Å². The lowest BCUT2D eigenvalue weighted by Crippen LogP contribution is -2.40. The molecular formula is C19H16N2O4S. The van der Waals surface area contributed by atoms with Gasteiger partial charge in [0.1, 0.15) is 12.4 Å². The lowest BCUT2D eigenvalue weighted by atomic mass is 10.1. The minimum atomic E-state index is -0.719. The van der Waals surface area contributed by atoms with Gasteiger partial charge in [-0.1, -0.05) is 24.3 Å². The van der Waals surface area contributed by atoms with Crippen LogP contribution in [0.15, 0.2) is 53.9 Å². The van der Waals surface area contributed by atoms with Crippen LogP contribution in [0.25, 0.3) is 11.3 Å². The molecule has 1 aromatic heterocycles. The predicted molar refractivity (Wildman–Crippen MR) is 99.1 cm³/mol. The van der Waals surface area contributed by atoms with E-state index in [1.165, 1.54) is 11.3 Å². The molecule has 1 amide bonds. The summed E-state index contributed by atoms with van der Waals surface area (Å²) in [5.41, 5.74) is 1.62. The van der Waals surface area contributed by atoms with Crippen molar-refractivity contribution < 1.29 is 19.0 Å². The van der Waals surface area contributed by atoms with Crippen LogP contribution in [0.1, 0.15) is 0 Å². The van der Waals surface area contributed by atoms with Crippen molar-refractivity contribution in [3.63, 3.8) is 0 Å². The van der Waals surface area contributed by atoms with Gasteiger partial charge in [0, 0.05) is 10.9 Å². The molecule has 0 saturated heterocycles. The van der Waals surface area contributed by atoms with E-state index in [-0.39, 0.29) is 12.5 Å². The third-order valence-electron chi connectivity index (χ3n) is 3.92. The molecule has 0 saturated carbocycles. The number of methoxy groups -OCH3 is 1. The third-order valence-corrected chi connectivity index (χ3v) is 4.68. The molecule has 1 aliphatic heterocycles. The normalized spacial score (nSPS) is 15.3. The first-order chi connectivity index (χ1) is 12.7. The fourth-order valence-electron chi connectivity index (χ4n) is 2.65. The van der Waals surface area contributed by atoms with Crippen LogP contribution in [0.5, 0.6) is 17.2 Å². The van der Waals surface area contributed by atoms with Crippen LogP contribution in [0.2, 0.25) is 0 Å². The van der Waals surface area contributed by atoms with Gasteiger partial charge in [0.2, 0.25) is 6.10 Å². The maximum atomic E-state index is 12.5. The number of rotatable bonds is 4. The lowest BCUT2D eigenvalue weighted by molar-refractivity contribution is -0.125. The van der Waals surface area contributed by atoms with Gasteiger partial charge in [0.05, 0.1) is 12.8 Å². The van der Waals surface area contributed by atoms with Crippen LogP contribution in [-0.4, -0.2) is 30.7 Å². The summed E-state index contributed by atoms with van der Waals surface area (Å²) >= 11 is 1.35. The smallest absolute Gasteiger partial charge is 0.270 e. The van der Waals surface area contributed by atoms with Crippen molar-refractivity contribution in [2.45, 2.75) is 6.10 Å². The molecule has 132 valence electrons. The second kappa shape index (κ2) is 7.05. The van der Waals surface area contributed by atoms with Gasteiger partial charge in [-0.05, 0) is 24.3 Å². The molecule has 0 fully saturated rings. The fraction of sp³-hybridized carbons (Fsp3) is 0.158. The van der Waals surface area contributed by atoms with E-state index in [0.29, 0.717) is 16.6 Å². The Labute approximate surface area is 154 Å². The summed E-state index contributed by atoms with van der Waals surface area (Å²) in [5.74, 6) is 1.65. The number of hydrogen-bond donors (Lipinski definition) is 1. The van der Waals surface area contributed by atoms with E-state index in [4.69, 9.17) is 14.2 Å². The first-order valence-corrected chi connectivity index (χ1v) is 8.91.